The molecule has 2 aliphatic rings. The summed E-state index contributed by atoms with van der Waals surface area (Å²) < 4.78 is 74.4. The number of alkyl halides is 5. The van der Waals surface area contributed by atoms with E-state index in [1.54, 1.807) is 0 Å². The molecule has 1 N–H and O–H groups in total. The molecule has 3 atom stereocenters. The fraction of sp³-hybridized carbons (Fsp3) is 0.550. The molecule has 3 aromatic heterocycles. The lowest BCUT2D eigenvalue weighted by atomic mass is 9.92. The minimum atomic E-state index is -5.69. The van der Waals surface area contributed by atoms with Gasteiger partial charge in [-0.2, -0.15) is 31.3 Å². The SMILES string of the molecule is Cc1cc(N2CC3CC[C@@H](C2)[C@@H]3Nc2nc3c(OCC(F)(F)C(F)(F)F)cccn3n2)sn1. The van der Waals surface area contributed by atoms with E-state index in [1.807, 2.05) is 6.92 Å². The van der Waals surface area contributed by atoms with Crippen molar-refractivity contribution in [1.82, 2.24) is 19.0 Å². The van der Waals surface area contributed by atoms with E-state index in [0.29, 0.717) is 11.8 Å². The van der Waals surface area contributed by atoms with Gasteiger partial charge in [-0.05, 0) is 61.3 Å². The van der Waals surface area contributed by atoms with E-state index in [1.165, 1.54) is 34.4 Å². The standard InChI is InChI=1S/C20H21F5N6OS/c1-11-7-15(33-29-11)30-8-12-4-5-13(9-30)16(12)26-18-27-17-14(3-2-6-31(17)28-18)32-10-19(21,22)20(23,24)25/h2-3,6-7,12-13,16H,4-5,8-10H2,1H3,(H,26,28)/t12-,13?,16-/m0/s1. The lowest BCUT2D eigenvalue weighted by Gasteiger charge is -2.38. The molecule has 1 saturated carbocycles. The molecule has 0 spiro atoms. The van der Waals surface area contributed by atoms with Gasteiger partial charge in [-0.15, -0.1) is 5.10 Å². The molecule has 5 rings (SSSR count). The molecule has 33 heavy (non-hydrogen) atoms. The lowest BCUT2D eigenvalue weighted by Crippen LogP contribution is -2.48. The monoisotopic (exact) mass is 488 g/mol. The maximum absolute atomic E-state index is 13.3. The number of piperidine rings is 1. The highest BCUT2D eigenvalue weighted by molar-refractivity contribution is 7.10. The second-order valence-corrected chi connectivity index (χ2v) is 9.33. The van der Waals surface area contributed by atoms with E-state index < -0.39 is 18.7 Å². The van der Waals surface area contributed by atoms with Crippen molar-refractivity contribution in [2.75, 3.05) is 29.9 Å². The van der Waals surface area contributed by atoms with Crippen LogP contribution in [0.15, 0.2) is 24.4 Å². The molecular weight excluding hydrogens is 467 g/mol. The van der Waals surface area contributed by atoms with E-state index in [0.717, 1.165) is 36.6 Å². The Morgan fingerprint density at radius 1 is 1.18 bits per heavy atom. The van der Waals surface area contributed by atoms with Gasteiger partial charge in [0.2, 0.25) is 5.95 Å². The first-order chi connectivity index (χ1) is 15.6. The molecule has 1 saturated heterocycles. The summed E-state index contributed by atoms with van der Waals surface area (Å²) in [4.78, 5) is 6.67. The summed E-state index contributed by atoms with van der Waals surface area (Å²) in [5, 5.41) is 8.85. The summed E-state index contributed by atoms with van der Waals surface area (Å²) in [5.74, 6) is -4.12. The van der Waals surface area contributed by atoms with Gasteiger partial charge in [0, 0.05) is 25.3 Å². The van der Waals surface area contributed by atoms with Crippen LogP contribution in [0.2, 0.25) is 0 Å². The van der Waals surface area contributed by atoms with Gasteiger partial charge in [-0.1, -0.05) is 0 Å². The Kier molecular flexibility index (Phi) is 5.33. The molecule has 178 valence electrons. The van der Waals surface area contributed by atoms with Crippen molar-refractivity contribution in [3.63, 3.8) is 0 Å². The predicted molar refractivity (Wildman–Crippen MR) is 112 cm³/mol. The number of aromatic nitrogens is 4. The Balaban J connectivity index is 1.30. The number of halogens is 5. The third kappa shape index (κ3) is 4.18. The minimum Gasteiger partial charge on any atom is -0.483 e. The Morgan fingerprint density at radius 2 is 1.91 bits per heavy atom. The predicted octanol–water partition coefficient (Wildman–Crippen LogP) is 4.40. The van der Waals surface area contributed by atoms with Crippen molar-refractivity contribution in [2.45, 2.75) is 37.9 Å². The number of fused-ring (bicyclic) bond motifs is 3. The largest absolute Gasteiger partial charge is 0.483 e. The third-order valence-electron chi connectivity index (χ3n) is 6.21. The summed E-state index contributed by atoms with van der Waals surface area (Å²) in [5.41, 5.74) is 1.07. The van der Waals surface area contributed by atoms with Gasteiger partial charge in [-0.25, -0.2) is 4.52 Å². The van der Waals surface area contributed by atoms with Gasteiger partial charge in [0.15, 0.2) is 18.0 Å². The zero-order valence-electron chi connectivity index (χ0n) is 17.5. The summed E-state index contributed by atoms with van der Waals surface area (Å²) in [7, 11) is 0. The Morgan fingerprint density at radius 3 is 2.55 bits per heavy atom. The lowest BCUT2D eigenvalue weighted by molar-refractivity contribution is -0.289. The van der Waals surface area contributed by atoms with Gasteiger partial charge in [0.05, 0.1) is 5.69 Å². The van der Waals surface area contributed by atoms with E-state index in [4.69, 9.17) is 4.74 Å². The first-order valence-electron chi connectivity index (χ1n) is 10.5. The van der Waals surface area contributed by atoms with Crippen molar-refractivity contribution in [1.29, 1.82) is 0 Å². The van der Waals surface area contributed by atoms with Gasteiger partial charge in [-0.3, -0.25) is 0 Å². The molecule has 13 heteroatoms. The molecule has 2 fully saturated rings. The molecule has 0 aromatic carbocycles. The third-order valence-corrected chi connectivity index (χ3v) is 7.15. The smallest absolute Gasteiger partial charge is 0.456 e. The number of ether oxygens (including phenoxy) is 1. The van der Waals surface area contributed by atoms with Gasteiger partial charge >= 0.3 is 12.1 Å². The van der Waals surface area contributed by atoms with Crippen LogP contribution < -0.4 is 15.0 Å². The first-order valence-corrected chi connectivity index (χ1v) is 11.3. The Bertz CT molecular complexity index is 1130. The zero-order chi connectivity index (χ0) is 23.4. The molecule has 1 aliphatic carbocycles. The number of hydrogen-bond donors (Lipinski definition) is 1. The number of hydrogen-bond acceptors (Lipinski definition) is 7. The highest BCUT2D eigenvalue weighted by atomic mass is 32.1. The number of nitrogens with zero attached hydrogens (tertiary/aromatic N) is 5. The van der Waals surface area contributed by atoms with Crippen LogP contribution in [0.25, 0.3) is 5.65 Å². The molecule has 4 heterocycles. The fourth-order valence-electron chi connectivity index (χ4n) is 4.59. The maximum atomic E-state index is 13.3. The second kappa shape index (κ2) is 7.96. The Labute approximate surface area is 189 Å². The fourth-order valence-corrected chi connectivity index (χ4v) is 5.37. The molecule has 2 bridgehead atoms. The van der Waals surface area contributed by atoms with Crippen LogP contribution in [0.3, 0.4) is 0 Å². The van der Waals surface area contributed by atoms with Gasteiger partial charge < -0.3 is 15.0 Å². The number of pyridine rings is 1. The summed E-state index contributed by atoms with van der Waals surface area (Å²) in [6.07, 6.45) is -2.04. The summed E-state index contributed by atoms with van der Waals surface area (Å²) in [6, 6.07) is 4.97. The van der Waals surface area contributed by atoms with Crippen LogP contribution in [-0.2, 0) is 0 Å². The maximum Gasteiger partial charge on any atom is 0.456 e. The normalized spacial score (nSPS) is 23.3. The van der Waals surface area contributed by atoms with Crippen LogP contribution in [-0.4, -0.2) is 56.8 Å². The van der Waals surface area contributed by atoms with Crippen LogP contribution in [0, 0.1) is 18.8 Å². The quantitative estimate of drug-likeness (QED) is 0.519. The highest BCUT2D eigenvalue weighted by Crippen LogP contribution is 2.41. The van der Waals surface area contributed by atoms with Crippen LogP contribution in [0.5, 0.6) is 5.75 Å². The topological polar surface area (TPSA) is 67.6 Å². The van der Waals surface area contributed by atoms with Gasteiger partial charge in [0.25, 0.3) is 0 Å². The number of aryl methyl sites for hydroxylation is 1. The van der Waals surface area contributed by atoms with E-state index in [2.05, 4.69) is 30.7 Å². The van der Waals surface area contributed by atoms with E-state index in [9.17, 15) is 22.0 Å². The molecule has 0 amide bonds. The minimum absolute atomic E-state index is 0.0721. The second-order valence-electron chi connectivity index (χ2n) is 8.55. The van der Waals surface area contributed by atoms with Crippen molar-refractivity contribution in [2.24, 2.45) is 11.8 Å². The van der Waals surface area contributed by atoms with Gasteiger partial charge in [0.1, 0.15) is 5.00 Å². The molecule has 7 nitrogen and oxygen atoms in total. The van der Waals surface area contributed by atoms with E-state index >= 15 is 0 Å². The van der Waals surface area contributed by atoms with Crippen LogP contribution in [0.4, 0.5) is 32.9 Å². The first kappa shape index (κ1) is 22.1. The molecule has 0 radical (unpaired) electrons. The van der Waals surface area contributed by atoms with Crippen molar-refractivity contribution < 1.29 is 26.7 Å². The molecule has 1 aliphatic heterocycles. The zero-order valence-corrected chi connectivity index (χ0v) is 18.3. The van der Waals surface area contributed by atoms with Crippen molar-refractivity contribution >= 4 is 28.1 Å². The number of nitrogens with one attached hydrogen (secondary N) is 1. The van der Waals surface area contributed by atoms with Crippen LogP contribution >= 0.6 is 11.5 Å². The molecular formula is C20H21F5N6OS. The average molecular weight is 488 g/mol. The number of anilines is 2. The highest BCUT2D eigenvalue weighted by Gasteiger charge is 2.58. The molecule has 3 aromatic rings. The van der Waals surface area contributed by atoms with Crippen LogP contribution in [0.1, 0.15) is 18.5 Å². The Hall–Kier alpha value is -2.70. The van der Waals surface area contributed by atoms with Crippen molar-refractivity contribution in [3.8, 4) is 5.75 Å². The summed E-state index contributed by atoms with van der Waals surface area (Å²) in [6.45, 7) is 1.90. The average Bonchev–Trinajstić information content (AvgIpc) is 3.41. The van der Waals surface area contributed by atoms with E-state index in [-0.39, 0.29) is 23.4 Å². The number of rotatable bonds is 6. The molecule has 1 unspecified atom stereocenters. The summed E-state index contributed by atoms with van der Waals surface area (Å²) >= 11 is 1.50. The van der Waals surface area contributed by atoms with Crippen molar-refractivity contribution in [3.05, 3.63) is 30.1 Å².